The minimum atomic E-state index is -1.13. The first-order valence-electron chi connectivity index (χ1n) is 11.3. The number of piperazine rings is 1. The molecule has 1 fully saturated rings. The van der Waals surface area contributed by atoms with Crippen molar-refractivity contribution in [1.82, 2.24) is 30.0 Å². The molecule has 0 unspecified atom stereocenters. The van der Waals surface area contributed by atoms with E-state index in [1.54, 1.807) is 32.0 Å². The zero-order chi connectivity index (χ0) is 23.9. The molecule has 0 spiro atoms. The zero-order valence-electron chi connectivity index (χ0n) is 19.5. The second kappa shape index (κ2) is 8.54. The van der Waals surface area contributed by atoms with Gasteiger partial charge in [-0.3, -0.25) is 15.0 Å². The molecule has 1 aromatic carbocycles. The SMILES string of the molecule is CN1CCN(c2ccc(Nc3nc(-c4cccc(C(C)(C)O)n4)c4c(=O)[nH][nH]c4n3)cc2)CC1. The number of nitrogens with one attached hydrogen (secondary N) is 3. The van der Waals surface area contributed by atoms with Gasteiger partial charge in [-0.15, -0.1) is 0 Å². The molecule has 0 saturated carbocycles. The van der Waals surface area contributed by atoms with Crippen LogP contribution in [0.4, 0.5) is 17.3 Å². The van der Waals surface area contributed by atoms with Crippen LogP contribution in [0.3, 0.4) is 0 Å². The average molecular weight is 461 g/mol. The van der Waals surface area contributed by atoms with Crippen molar-refractivity contribution in [3.8, 4) is 11.4 Å². The number of hydrogen-bond acceptors (Lipinski definition) is 8. The number of aromatic nitrogens is 5. The molecular formula is C24H28N8O2. The molecule has 5 rings (SSSR count). The van der Waals surface area contributed by atoms with Crippen molar-refractivity contribution in [3.63, 3.8) is 0 Å². The molecule has 10 heteroatoms. The summed E-state index contributed by atoms with van der Waals surface area (Å²) in [7, 11) is 2.14. The molecule has 176 valence electrons. The number of fused-ring (bicyclic) bond motifs is 1. The monoisotopic (exact) mass is 460 g/mol. The highest BCUT2D eigenvalue weighted by Crippen LogP contribution is 2.27. The van der Waals surface area contributed by atoms with Crippen molar-refractivity contribution in [2.24, 2.45) is 0 Å². The fourth-order valence-corrected chi connectivity index (χ4v) is 4.04. The summed E-state index contributed by atoms with van der Waals surface area (Å²) in [6.45, 7) is 7.43. The lowest BCUT2D eigenvalue weighted by atomic mass is 10.0. The molecule has 34 heavy (non-hydrogen) atoms. The number of nitrogens with zero attached hydrogens (tertiary/aromatic N) is 5. The van der Waals surface area contributed by atoms with Gasteiger partial charge in [0.05, 0.1) is 11.4 Å². The van der Waals surface area contributed by atoms with E-state index in [4.69, 9.17) is 0 Å². The minimum Gasteiger partial charge on any atom is -0.384 e. The molecule has 4 heterocycles. The lowest BCUT2D eigenvalue weighted by Crippen LogP contribution is -2.44. The van der Waals surface area contributed by atoms with Crippen LogP contribution in [0.15, 0.2) is 47.3 Å². The van der Waals surface area contributed by atoms with Gasteiger partial charge in [0.2, 0.25) is 5.95 Å². The number of rotatable bonds is 5. The van der Waals surface area contributed by atoms with Crippen LogP contribution in [-0.4, -0.2) is 68.4 Å². The smallest absolute Gasteiger partial charge is 0.275 e. The Kier molecular flexibility index (Phi) is 5.54. The van der Waals surface area contributed by atoms with Crippen molar-refractivity contribution in [2.75, 3.05) is 43.4 Å². The van der Waals surface area contributed by atoms with Crippen molar-refractivity contribution < 1.29 is 5.11 Å². The summed E-state index contributed by atoms with van der Waals surface area (Å²) in [5, 5.41) is 19.3. The number of pyridine rings is 1. The maximum absolute atomic E-state index is 12.5. The van der Waals surface area contributed by atoms with Gasteiger partial charge < -0.3 is 20.2 Å². The van der Waals surface area contributed by atoms with Crippen molar-refractivity contribution in [1.29, 1.82) is 0 Å². The Morgan fingerprint density at radius 1 is 0.971 bits per heavy atom. The largest absolute Gasteiger partial charge is 0.384 e. The number of likely N-dealkylation sites (N-methyl/N-ethyl adjacent to an activating group) is 1. The van der Waals surface area contributed by atoms with Gasteiger partial charge in [-0.25, -0.2) is 9.97 Å². The normalized spacial score (nSPS) is 15.1. The molecular weight excluding hydrogens is 432 g/mol. The number of hydrogen-bond donors (Lipinski definition) is 4. The van der Waals surface area contributed by atoms with Crippen LogP contribution in [0.1, 0.15) is 19.5 Å². The summed E-state index contributed by atoms with van der Waals surface area (Å²) < 4.78 is 0. The number of anilines is 3. The summed E-state index contributed by atoms with van der Waals surface area (Å²) in [4.78, 5) is 30.8. The van der Waals surface area contributed by atoms with Crippen molar-refractivity contribution in [3.05, 3.63) is 58.5 Å². The van der Waals surface area contributed by atoms with Crippen molar-refractivity contribution >= 4 is 28.4 Å². The summed E-state index contributed by atoms with van der Waals surface area (Å²) >= 11 is 0. The third kappa shape index (κ3) is 4.37. The highest BCUT2D eigenvalue weighted by molar-refractivity contribution is 5.89. The quantitative estimate of drug-likeness (QED) is 0.358. The van der Waals surface area contributed by atoms with E-state index in [9.17, 15) is 9.90 Å². The molecule has 3 aromatic heterocycles. The standard InChI is InChI=1S/C24H28N8O2/c1-24(2,34)18-6-4-5-17(26-18)20-19-21(29-30-22(19)33)28-23(27-20)25-15-7-9-16(10-8-15)32-13-11-31(3)12-14-32/h4-10,34H,11-14H2,1-3H3,(H3,25,27,28,29,30,33). The summed E-state index contributed by atoms with van der Waals surface area (Å²) in [6, 6.07) is 13.4. The van der Waals surface area contributed by atoms with E-state index in [0.717, 1.165) is 31.9 Å². The Morgan fingerprint density at radius 3 is 2.41 bits per heavy atom. The Balaban J connectivity index is 1.47. The Hall–Kier alpha value is -3.76. The van der Waals surface area contributed by atoms with Crippen molar-refractivity contribution in [2.45, 2.75) is 19.4 Å². The molecule has 4 N–H and O–H groups in total. The van der Waals surface area contributed by atoms with Crippen LogP contribution < -0.4 is 15.8 Å². The van der Waals surface area contributed by atoms with Gasteiger partial charge in [0.15, 0.2) is 5.65 Å². The van der Waals surface area contributed by atoms with Crippen LogP contribution in [0.25, 0.3) is 22.4 Å². The predicted octanol–water partition coefficient (Wildman–Crippen LogP) is 2.43. The molecule has 1 aliphatic heterocycles. The molecule has 10 nitrogen and oxygen atoms in total. The number of aromatic amines is 2. The molecule has 1 aliphatic rings. The van der Waals surface area contributed by atoms with Gasteiger partial charge in [0, 0.05) is 37.6 Å². The molecule has 4 aromatic rings. The summed E-state index contributed by atoms with van der Waals surface area (Å²) in [6.07, 6.45) is 0. The fraction of sp³-hybridized carbons (Fsp3) is 0.333. The van der Waals surface area contributed by atoms with Crippen LogP contribution in [0.5, 0.6) is 0 Å². The van der Waals surface area contributed by atoms with E-state index >= 15 is 0 Å². The predicted molar refractivity (Wildman–Crippen MR) is 132 cm³/mol. The molecule has 1 saturated heterocycles. The van der Waals surface area contributed by atoms with Gasteiger partial charge >= 0.3 is 0 Å². The molecule has 0 atom stereocenters. The number of H-pyrrole nitrogens is 2. The first-order valence-corrected chi connectivity index (χ1v) is 11.3. The Labute approximate surface area is 196 Å². The second-order valence-corrected chi connectivity index (χ2v) is 9.13. The number of benzene rings is 1. The van der Waals surface area contributed by atoms with E-state index in [-0.39, 0.29) is 5.56 Å². The maximum atomic E-state index is 12.5. The third-order valence-corrected chi connectivity index (χ3v) is 6.04. The van der Waals surface area contributed by atoms with E-state index in [1.807, 2.05) is 12.1 Å². The lowest BCUT2D eigenvalue weighted by Gasteiger charge is -2.34. The van der Waals surface area contributed by atoms with Gasteiger partial charge in [0.1, 0.15) is 16.7 Å². The second-order valence-electron chi connectivity index (χ2n) is 9.13. The third-order valence-electron chi connectivity index (χ3n) is 6.04. The minimum absolute atomic E-state index is 0.316. The van der Waals surface area contributed by atoms with Gasteiger partial charge in [-0.05, 0) is 57.3 Å². The average Bonchev–Trinajstić information content (AvgIpc) is 3.20. The molecule has 0 radical (unpaired) electrons. The summed E-state index contributed by atoms with van der Waals surface area (Å²) in [5.74, 6) is 0.334. The van der Waals surface area contributed by atoms with Crippen LogP contribution >= 0.6 is 0 Å². The topological polar surface area (TPSA) is 126 Å². The van der Waals surface area contributed by atoms with E-state index < -0.39 is 5.60 Å². The van der Waals surface area contributed by atoms with Gasteiger partial charge in [-0.1, -0.05) is 6.07 Å². The first-order chi connectivity index (χ1) is 16.3. The summed E-state index contributed by atoms with van der Waals surface area (Å²) in [5.41, 5.74) is 2.28. The maximum Gasteiger partial charge on any atom is 0.275 e. The van der Waals surface area contributed by atoms with E-state index in [1.165, 1.54) is 5.69 Å². The fourth-order valence-electron chi connectivity index (χ4n) is 4.04. The lowest BCUT2D eigenvalue weighted by molar-refractivity contribution is 0.0740. The van der Waals surface area contributed by atoms with Gasteiger partial charge in [-0.2, -0.15) is 4.98 Å². The van der Waals surface area contributed by atoms with E-state index in [0.29, 0.717) is 34.1 Å². The number of aliphatic hydroxyl groups is 1. The zero-order valence-corrected chi connectivity index (χ0v) is 19.5. The van der Waals surface area contributed by atoms with Crippen LogP contribution in [0, 0.1) is 0 Å². The molecule has 0 bridgehead atoms. The van der Waals surface area contributed by atoms with Crippen LogP contribution in [0.2, 0.25) is 0 Å². The Morgan fingerprint density at radius 2 is 1.71 bits per heavy atom. The first kappa shape index (κ1) is 22.1. The van der Waals surface area contributed by atoms with Crippen LogP contribution in [-0.2, 0) is 5.60 Å². The highest BCUT2D eigenvalue weighted by atomic mass is 16.3. The van der Waals surface area contributed by atoms with E-state index in [2.05, 4.69) is 59.4 Å². The highest BCUT2D eigenvalue weighted by Gasteiger charge is 2.21. The Bertz CT molecular complexity index is 1360. The van der Waals surface area contributed by atoms with Gasteiger partial charge in [0.25, 0.3) is 5.56 Å². The molecule has 0 aliphatic carbocycles. The molecule has 0 amide bonds.